The summed E-state index contributed by atoms with van der Waals surface area (Å²) in [5.41, 5.74) is 3.95. The average molecular weight is 362 g/mol. The van der Waals surface area contributed by atoms with Crippen LogP contribution >= 0.6 is 0 Å². The predicted molar refractivity (Wildman–Crippen MR) is 87.6 cm³/mol. The quantitative estimate of drug-likeness (QED) is 0.631. The van der Waals surface area contributed by atoms with Crippen molar-refractivity contribution in [1.82, 2.24) is 15.2 Å². The third kappa shape index (κ3) is 3.59. The van der Waals surface area contributed by atoms with E-state index in [1.807, 2.05) is 29.1 Å². The zero-order chi connectivity index (χ0) is 18.0. The molecule has 1 aliphatic rings. The molecule has 0 unspecified atom stereocenters. The number of hydrogen-bond acceptors (Lipinski definition) is 5. The SMILES string of the molecule is O=C(NNS(=O)(=O)c1ccc([N+](=O)[O-])cc1)N1Cc2ccccc2C1. The largest absolute Gasteiger partial charge is 0.333 e. The minimum absolute atomic E-state index is 0.192. The van der Waals surface area contributed by atoms with E-state index in [2.05, 4.69) is 5.43 Å². The highest BCUT2D eigenvalue weighted by molar-refractivity contribution is 7.89. The third-order valence-corrected chi connectivity index (χ3v) is 5.04. The van der Waals surface area contributed by atoms with Crippen LogP contribution in [0.3, 0.4) is 0 Å². The van der Waals surface area contributed by atoms with E-state index in [1.54, 1.807) is 0 Å². The second kappa shape index (κ2) is 6.49. The fraction of sp³-hybridized carbons (Fsp3) is 0.133. The molecule has 0 saturated heterocycles. The number of nitro benzene ring substituents is 1. The van der Waals surface area contributed by atoms with Crippen LogP contribution in [-0.2, 0) is 23.1 Å². The normalized spacial score (nSPS) is 13.4. The molecule has 3 rings (SSSR count). The maximum Gasteiger partial charge on any atom is 0.333 e. The molecule has 0 spiro atoms. The van der Waals surface area contributed by atoms with Crippen molar-refractivity contribution < 1.29 is 18.1 Å². The Bertz CT molecular complexity index is 902. The lowest BCUT2D eigenvalue weighted by Gasteiger charge is -2.16. The number of nitrogens with zero attached hydrogens (tertiary/aromatic N) is 2. The lowest BCUT2D eigenvalue weighted by molar-refractivity contribution is -0.384. The number of hydrogen-bond donors (Lipinski definition) is 2. The maximum atomic E-state index is 12.1. The van der Waals surface area contributed by atoms with Crippen LogP contribution in [0.25, 0.3) is 0 Å². The number of hydrazine groups is 1. The molecule has 25 heavy (non-hydrogen) atoms. The molecule has 2 aromatic rings. The molecule has 2 amide bonds. The van der Waals surface area contributed by atoms with Gasteiger partial charge in [0.15, 0.2) is 0 Å². The summed E-state index contributed by atoms with van der Waals surface area (Å²) in [4.78, 5) is 25.4. The van der Waals surface area contributed by atoms with Crippen LogP contribution in [0, 0.1) is 10.1 Å². The fourth-order valence-electron chi connectivity index (χ4n) is 2.47. The van der Waals surface area contributed by atoms with Gasteiger partial charge in [0.25, 0.3) is 15.7 Å². The third-order valence-electron chi connectivity index (χ3n) is 3.78. The fourth-order valence-corrected chi connectivity index (χ4v) is 3.31. The zero-order valence-electron chi connectivity index (χ0n) is 12.9. The standard InChI is InChI=1S/C15H14N4O5S/c20-15(18-9-11-3-1-2-4-12(11)10-18)16-17-25(23,24)14-7-5-13(6-8-14)19(21)22/h1-8,17H,9-10H2,(H,16,20). The van der Waals surface area contributed by atoms with E-state index in [1.165, 1.54) is 4.90 Å². The van der Waals surface area contributed by atoms with Crippen molar-refractivity contribution in [3.63, 3.8) is 0 Å². The molecule has 0 fully saturated rings. The Balaban J connectivity index is 1.62. The van der Waals surface area contributed by atoms with Gasteiger partial charge in [0.05, 0.1) is 9.82 Å². The molecule has 0 aromatic heterocycles. The van der Waals surface area contributed by atoms with Gasteiger partial charge in [0.2, 0.25) is 0 Å². The number of nitrogens with one attached hydrogen (secondary N) is 2. The van der Waals surface area contributed by atoms with E-state index >= 15 is 0 Å². The first-order valence-corrected chi connectivity index (χ1v) is 8.73. The highest BCUT2D eigenvalue weighted by Crippen LogP contribution is 2.22. The molecule has 1 heterocycles. The summed E-state index contributed by atoms with van der Waals surface area (Å²) in [5.74, 6) is 0. The van der Waals surface area contributed by atoms with Gasteiger partial charge in [-0.3, -0.25) is 15.5 Å². The van der Waals surface area contributed by atoms with Crippen LogP contribution in [-0.4, -0.2) is 24.3 Å². The van der Waals surface area contributed by atoms with Crippen molar-refractivity contribution in [3.8, 4) is 0 Å². The average Bonchev–Trinajstić information content (AvgIpc) is 3.04. The summed E-state index contributed by atoms with van der Waals surface area (Å²) in [6, 6.07) is 11.3. The van der Waals surface area contributed by atoms with Gasteiger partial charge in [-0.05, 0) is 23.3 Å². The molecule has 10 heteroatoms. The van der Waals surface area contributed by atoms with Gasteiger partial charge in [-0.1, -0.05) is 24.3 Å². The number of fused-ring (bicyclic) bond motifs is 1. The molecule has 1 aliphatic heterocycles. The lowest BCUT2D eigenvalue weighted by atomic mass is 10.1. The van der Waals surface area contributed by atoms with Crippen LogP contribution in [0.2, 0.25) is 0 Å². The molecule has 0 saturated carbocycles. The summed E-state index contributed by atoms with van der Waals surface area (Å²) in [6.07, 6.45) is 0. The highest BCUT2D eigenvalue weighted by atomic mass is 32.2. The Morgan fingerprint density at radius 1 is 1.04 bits per heavy atom. The number of nitro groups is 1. The van der Waals surface area contributed by atoms with E-state index < -0.39 is 21.0 Å². The first-order valence-electron chi connectivity index (χ1n) is 7.25. The molecule has 2 N–H and O–H groups in total. The monoisotopic (exact) mass is 362 g/mol. The second-order valence-corrected chi connectivity index (χ2v) is 7.09. The Kier molecular flexibility index (Phi) is 4.38. The summed E-state index contributed by atoms with van der Waals surface area (Å²) < 4.78 is 24.3. The van der Waals surface area contributed by atoms with Gasteiger partial charge in [0.1, 0.15) is 0 Å². The smallest absolute Gasteiger partial charge is 0.315 e. The number of carbonyl (C=O) groups is 1. The van der Waals surface area contributed by atoms with Crippen LogP contribution in [0.4, 0.5) is 10.5 Å². The molecular weight excluding hydrogens is 348 g/mol. The van der Waals surface area contributed by atoms with Crippen molar-refractivity contribution in [2.45, 2.75) is 18.0 Å². The van der Waals surface area contributed by atoms with E-state index in [9.17, 15) is 23.3 Å². The highest BCUT2D eigenvalue weighted by Gasteiger charge is 2.24. The van der Waals surface area contributed by atoms with Crippen molar-refractivity contribution in [2.24, 2.45) is 0 Å². The van der Waals surface area contributed by atoms with E-state index in [4.69, 9.17) is 0 Å². The molecule has 0 bridgehead atoms. The minimum atomic E-state index is -4.03. The Morgan fingerprint density at radius 3 is 2.12 bits per heavy atom. The molecule has 2 aromatic carbocycles. The zero-order valence-corrected chi connectivity index (χ0v) is 13.7. The van der Waals surface area contributed by atoms with Crippen molar-refractivity contribution in [2.75, 3.05) is 0 Å². The van der Waals surface area contributed by atoms with Gasteiger partial charge in [-0.15, -0.1) is 4.83 Å². The van der Waals surface area contributed by atoms with Gasteiger partial charge in [-0.25, -0.2) is 13.2 Å². The van der Waals surface area contributed by atoms with Crippen LogP contribution < -0.4 is 10.3 Å². The van der Waals surface area contributed by atoms with Crippen molar-refractivity contribution >= 4 is 21.7 Å². The van der Waals surface area contributed by atoms with Gasteiger partial charge in [0, 0.05) is 25.2 Å². The van der Waals surface area contributed by atoms with Gasteiger partial charge < -0.3 is 4.90 Å². The summed E-state index contributed by atoms with van der Waals surface area (Å²) in [7, 11) is -4.03. The van der Waals surface area contributed by atoms with Crippen molar-refractivity contribution in [1.29, 1.82) is 0 Å². The van der Waals surface area contributed by atoms with Gasteiger partial charge in [-0.2, -0.15) is 0 Å². The van der Waals surface area contributed by atoms with Crippen LogP contribution in [0.5, 0.6) is 0 Å². The second-order valence-electron chi connectivity index (χ2n) is 5.41. The van der Waals surface area contributed by atoms with Crippen molar-refractivity contribution in [3.05, 3.63) is 69.8 Å². The molecular formula is C15H14N4O5S. The number of rotatable bonds is 4. The lowest BCUT2D eigenvalue weighted by Crippen LogP contribution is -2.47. The number of carbonyl (C=O) groups excluding carboxylic acids is 1. The first kappa shape index (κ1) is 16.9. The number of amides is 2. The number of urea groups is 1. The number of sulfonamides is 1. The maximum absolute atomic E-state index is 12.1. The van der Waals surface area contributed by atoms with Crippen LogP contribution in [0.15, 0.2) is 53.4 Å². The predicted octanol–water partition coefficient (Wildman–Crippen LogP) is 1.51. The number of non-ortho nitro benzene ring substituents is 1. The summed E-state index contributed by atoms with van der Waals surface area (Å²) in [5, 5.41) is 10.6. The number of benzene rings is 2. The van der Waals surface area contributed by atoms with Crippen LogP contribution in [0.1, 0.15) is 11.1 Å². The summed E-state index contributed by atoms with van der Waals surface area (Å²) in [6.45, 7) is 0.780. The molecule has 9 nitrogen and oxygen atoms in total. The molecule has 0 aliphatic carbocycles. The Labute approximate surface area is 143 Å². The molecule has 0 atom stereocenters. The topological polar surface area (TPSA) is 122 Å². The Hall–Kier alpha value is -2.98. The molecule has 0 radical (unpaired) electrons. The van der Waals surface area contributed by atoms with E-state index in [0.29, 0.717) is 13.1 Å². The van der Waals surface area contributed by atoms with E-state index in [0.717, 1.165) is 35.4 Å². The first-order chi connectivity index (χ1) is 11.9. The minimum Gasteiger partial charge on any atom is -0.315 e. The Morgan fingerprint density at radius 2 is 1.60 bits per heavy atom. The molecule has 130 valence electrons. The van der Waals surface area contributed by atoms with Gasteiger partial charge >= 0.3 is 6.03 Å². The summed E-state index contributed by atoms with van der Waals surface area (Å²) >= 11 is 0. The van der Waals surface area contributed by atoms with E-state index in [-0.39, 0.29) is 10.6 Å².